The maximum Gasteiger partial charge on any atom is 0.416 e. The molecule has 104 valence electrons. The van der Waals surface area contributed by atoms with Crippen LogP contribution in [0.5, 0.6) is 0 Å². The number of hydrogen-bond acceptors (Lipinski definition) is 1. The Kier molecular flexibility index (Phi) is 3.59. The van der Waals surface area contributed by atoms with Crippen LogP contribution in [0.3, 0.4) is 0 Å². The van der Waals surface area contributed by atoms with Crippen molar-refractivity contribution in [2.75, 3.05) is 0 Å². The van der Waals surface area contributed by atoms with E-state index in [1.807, 2.05) is 0 Å². The molecule has 7 heteroatoms. The molecule has 1 nitrogen and oxygen atoms in total. The van der Waals surface area contributed by atoms with Gasteiger partial charge in [-0.05, 0) is 37.6 Å². The maximum atomic E-state index is 12.6. The molecule has 0 aliphatic rings. The molecule has 0 fully saturated rings. The lowest BCUT2D eigenvalue weighted by atomic mass is 9.84. The van der Waals surface area contributed by atoms with Crippen LogP contribution >= 0.6 is 0 Å². The minimum absolute atomic E-state index is 0.0386. The van der Waals surface area contributed by atoms with Crippen LogP contribution in [0, 0.1) is 11.3 Å². The Bertz CT molecular complexity index is 486. The summed E-state index contributed by atoms with van der Waals surface area (Å²) >= 11 is 0. The molecule has 0 bridgehead atoms. The van der Waals surface area contributed by atoms with E-state index in [4.69, 9.17) is 5.26 Å². The van der Waals surface area contributed by atoms with Crippen molar-refractivity contribution in [1.82, 2.24) is 0 Å². The summed E-state index contributed by atoms with van der Waals surface area (Å²) in [5.74, 6) is 0. The first-order valence-corrected chi connectivity index (χ1v) is 5.09. The van der Waals surface area contributed by atoms with Crippen molar-refractivity contribution in [3.8, 4) is 6.07 Å². The predicted octanol–water partition coefficient (Wildman–Crippen LogP) is 4.53. The normalized spacial score (nSPS) is 13.2. The highest BCUT2D eigenvalue weighted by Gasteiger charge is 2.38. The van der Waals surface area contributed by atoms with E-state index < -0.39 is 28.9 Å². The van der Waals surface area contributed by atoms with Gasteiger partial charge < -0.3 is 0 Å². The summed E-state index contributed by atoms with van der Waals surface area (Å²) in [6.07, 6.45) is -9.80. The summed E-state index contributed by atoms with van der Waals surface area (Å²) in [4.78, 5) is 0. The van der Waals surface area contributed by atoms with Gasteiger partial charge in [0.1, 0.15) is 0 Å². The van der Waals surface area contributed by atoms with Gasteiger partial charge in [-0.1, -0.05) is 0 Å². The fourth-order valence-corrected chi connectivity index (χ4v) is 1.38. The molecule has 0 spiro atoms. The van der Waals surface area contributed by atoms with Crippen LogP contribution in [-0.2, 0) is 17.8 Å². The van der Waals surface area contributed by atoms with Crippen molar-refractivity contribution in [2.45, 2.75) is 31.6 Å². The third-order valence-corrected chi connectivity index (χ3v) is 2.59. The molecular weight excluding hydrogens is 272 g/mol. The highest BCUT2D eigenvalue weighted by Crippen LogP contribution is 2.38. The highest BCUT2D eigenvalue weighted by molar-refractivity contribution is 5.39. The largest absolute Gasteiger partial charge is 0.416 e. The molecule has 0 aliphatic carbocycles. The van der Waals surface area contributed by atoms with E-state index >= 15 is 0 Å². The molecule has 0 unspecified atom stereocenters. The molecule has 1 aromatic carbocycles. The first-order chi connectivity index (χ1) is 8.38. The van der Waals surface area contributed by atoms with Crippen LogP contribution in [-0.4, -0.2) is 0 Å². The van der Waals surface area contributed by atoms with Crippen LogP contribution in [0.4, 0.5) is 26.3 Å². The van der Waals surface area contributed by atoms with Gasteiger partial charge in [0.25, 0.3) is 0 Å². The summed E-state index contributed by atoms with van der Waals surface area (Å²) in [6.45, 7) is 2.51. The lowest BCUT2D eigenvalue weighted by Gasteiger charge is -2.20. The predicted molar refractivity (Wildman–Crippen MR) is 55.1 cm³/mol. The van der Waals surface area contributed by atoms with E-state index in [0.717, 1.165) is 0 Å². The molecule has 0 aromatic heterocycles. The van der Waals surface area contributed by atoms with Crippen LogP contribution in [0.1, 0.15) is 30.5 Å². The van der Waals surface area contributed by atoms with Gasteiger partial charge in [-0.2, -0.15) is 31.6 Å². The Morgan fingerprint density at radius 2 is 1.11 bits per heavy atom. The van der Waals surface area contributed by atoms with Crippen molar-refractivity contribution in [2.24, 2.45) is 0 Å². The highest BCUT2D eigenvalue weighted by atomic mass is 19.4. The van der Waals surface area contributed by atoms with Crippen molar-refractivity contribution in [3.63, 3.8) is 0 Å². The number of hydrogen-bond donors (Lipinski definition) is 0. The molecule has 1 rings (SSSR count). The smallest absolute Gasteiger partial charge is 0.197 e. The third-order valence-electron chi connectivity index (χ3n) is 2.59. The van der Waals surface area contributed by atoms with Crippen LogP contribution in [0.2, 0.25) is 0 Å². The van der Waals surface area contributed by atoms with Gasteiger partial charge in [-0.3, -0.25) is 0 Å². The lowest BCUT2D eigenvalue weighted by molar-refractivity contribution is -0.143. The number of rotatable bonds is 1. The van der Waals surface area contributed by atoms with Crippen molar-refractivity contribution >= 4 is 0 Å². The molecule has 1 aromatic rings. The summed E-state index contributed by atoms with van der Waals surface area (Å²) < 4.78 is 75.5. The number of nitriles is 1. The van der Waals surface area contributed by atoms with E-state index in [2.05, 4.69) is 0 Å². The van der Waals surface area contributed by atoms with Crippen LogP contribution < -0.4 is 0 Å². The average Bonchev–Trinajstić information content (AvgIpc) is 2.26. The van der Waals surface area contributed by atoms with Crippen molar-refractivity contribution in [1.29, 1.82) is 5.26 Å². The van der Waals surface area contributed by atoms with Crippen molar-refractivity contribution < 1.29 is 26.3 Å². The lowest BCUT2D eigenvalue weighted by Crippen LogP contribution is -2.18. The zero-order valence-electron chi connectivity index (χ0n) is 9.95. The molecule has 0 radical (unpaired) electrons. The maximum absolute atomic E-state index is 12.6. The zero-order chi connectivity index (χ0) is 15.1. The van der Waals surface area contributed by atoms with Crippen molar-refractivity contribution in [3.05, 3.63) is 34.9 Å². The summed E-state index contributed by atoms with van der Waals surface area (Å²) in [5, 5.41) is 8.82. The molecule has 0 saturated carbocycles. The first kappa shape index (κ1) is 15.3. The van der Waals surface area contributed by atoms with Gasteiger partial charge in [0, 0.05) is 0 Å². The molecule has 0 heterocycles. The Hall–Kier alpha value is -1.71. The second kappa shape index (κ2) is 4.44. The minimum Gasteiger partial charge on any atom is -0.197 e. The van der Waals surface area contributed by atoms with Crippen LogP contribution in [0.25, 0.3) is 0 Å². The Labute approximate surface area is 105 Å². The first-order valence-electron chi connectivity index (χ1n) is 5.09. The summed E-state index contributed by atoms with van der Waals surface area (Å²) in [6, 6.07) is 2.85. The van der Waals surface area contributed by atoms with Gasteiger partial charge in [-0.15, -0.1) is 0 Å². The molecule has 0 N–H and O–H groups in total. The molecule has 0 saturated heterocycles. The Morgan fingerprint density at radius 1 is 0.789 bits per heavy atom. The van der Waals surface area contributed by atoms with Gasteiger partial charge in [0.15, 0.2) is 0 Å². The number of nitrogens with zero attached hydrogens (tertiary/aromatic N) is 1. The van der Waals surface area contributed by atoms with Gasteiger partial charge >= 0.3 is 12.4 Å². The second-order valence-corrected chi connectivity index (χ2v) is 4.53. The summed E-state index contributed by atoms with van der Waals surface area (Å²) in [5.41, 5.74) is -4.60. The number of halogens is 6. The topological polar surface area (TPSA) is 23.8 Å². The Morgan fingerprint density at radius 3 is 1.37 bits per heavy atom. The zero-order valence-corrected chi connectivity index (χ0v) is 9.95. The molecule has 0 aliphatic heterocycles. The minimum atomic E-state index is -4.90. The molecule has 19 heavy (non-hydrogen) atoms. The van der Waals surface area contributed by atoms with Crippen LogP contribution in [0.15, 0.2) is 18.2 Å². The standard InChI is InChI=1S/C12H9F6N/c1-10(2,6-19)7-3-8(11(13,14)15)5-9(4-7)12(16,17)18/h3-5H,1-2H3. The second-order valence-electron chi connectivity index (χ2n) is 4.53. The average molecular weight is 281 g/mol. The van der Waals surface area contributed by atoms with Gasteiger partial charge in [-0.25, -0.2) is 0 Å². The SMILES string of the molecule is CC(C)(C#N)c1cc(C(F)(F)F)cc(C(F)(F)F)c1. The van der Waals surface area contributed by atoms with E-state index in [1.54, 1.807) is 6.07 Å². The fourth-order valence-electron chi connectivity index (χ4n) is 1.38. The quantitative estimate of drug-likeness (QED) is 0.694. The van der Waals surface area contributed by atoms with E-state index in [-0.39, 0.29) is 11.6 Å². The number of alkyl halides is 6. The fraction of sp³-hybridized carbons (Fsp3) is 0.417. The molecule has 0 atom stereocenters. The van der Waals surface area contributed by atoms with E-state index in [0.29, 0.717) is 12.1 Å². The van der Waals surface area contributed by atoms with Gasteiger partial charge in [0.05, 0.1) is 22.6 Å². The number of benzene rings is 1. The third kappa shape index (κ3) is 3.40. The van der Waals surface area contributed by atoms with Gasteiger partial charge in [0.2, 0.25) is 0 Å². The molecular formula is C12H9F6N. The molecule has 0 amide bonds. The van der Waals surface area contributed by atoms with E-state index in [9.17, 15) is 26.3 Å². The summed E-state index contributed by atoms with van der Waals surface area (Å²) in [7, 11) is 0. The Balaban J connectivity index is 3.56. The van der Waals surface area contributed by atoms with E-state index in [1.165, 1.54) is 13.8 Å². The monoisotopic (exact) mass is 281 g/mol.